The molecule has 2 rings (SSSR count). The summed E-state index contributed by atoms with van der Waals surface area (Å²) in [6.45, 7) is 5.58. The average Bonchev–Trinajstić information content (AvgIpc) is 2.86. The van der Waals surface area contributed by atoms with Gasteiger partial charge in [0.1, 0.15) is 0 Å². The maximum absolute atomic E-state index is 12.6. The largest absolute Gasteiger partial charge is 0.335 e. The standard InChI is InChI=1S/C15H24N2OS/c1-3-17(13-7-5-4-6-12(13)10-16)15(18)14-9-8-11(2)19-14/h8-9,12-13H,3-7,10,16H2,1-2H3. The second kappa shape index (κ2) is 6.53. The molecule has 0 saturated heterocycles. The van der Waals surface area contributed by atoms with Crippen molar-refractivity contribution >= 4 is 17.2 Å². The molecule has 0 aliphatic heterocycles. The third-order valence-electron chi connectivity index (χ3n) is 4.12. The fraction of sp³-hybridized carbons (Fsp3) is 0.667. The second-order valence-corrected chi connectivity index (χ2v) is 6.64. The van der Waals surface area contributed by atoms with E-state index in [2.05, 4.69) is 6.92 Å². The van der Waals surface area contributed by atoms with E-state index in [1.54, 1.807) is 11.3 Å². The third-order valence-corrected chi connectivity index (χ3v) is 5.11. The van der Waals surface area contributed by atoms with Crippen LogP contribution in [0.25, 0.3) is 0 Å². The Morgan fingerprint density at radius 1 is 1.42 bits per heavy atom. The van der Waals surface area contributed by atoms with Crippen LogP contribution in [-0.4, -0.2) is 29.9 Å². The Balaban J connectivity index is 2.16. The SMILES string of the molecule is CCN(C(=O)c1ccc(C)s1)C1CCCCC1CN. The van der Waals surface area contributed by atoms with Crippen molar-refractivity contribution in [3.63, 3.8) is 0 Å². The summed E-state index contributed by atoms with van der Waals surface area (Å²) in [6.07, 6.45) is 4.73. The highest BCUT2D eigenvalue weighted by Crippen LogP contribution is 2.29. The molecule has 0 radical (unpaired) electrons. The van der Waals surface area contributed by atoms with Gasteiger partial charge in [0, 0.05) is 17.5 Å². The minimum Gasteiger partial charge on any atom is -0.335 e. The van der Waals surface area contributed by atoms with Gasteiger partial charge in [-0.15, -0.1) is 11.3 Å². The van der Waals surface area contributed by atoms with E-state index in [1.807, 2.05) is 24.0 Å². The van der Waals surface area contributed by atoms with Crippen molar-refractivity contribution in [1.29, 1.82) is 0 Å². The summed E-state index contributed by atoms with van der Waals surface area (Å²) in [5.41, 5.74) is 5.89. The molecule has 2 unspecified atom stereocenters. The quantitative estimate of drug-likeness (QED) is 0.921. The molecule has 0 spiro atoms. The number of aryl methyl sites for hydroxylation is 1. The lowest BCUT2D eigenvalue weighted by Gasteiger charge is -2.39. The Hall–Kier alpha value is -0.870. The van der Waals surface area contributed by atoms with E-state index in [9.17, 15) is 4.79 Å². The van der Waals surface area contributed by atoms with E-state index in [4.69, 9.17) is 5.73 Å². The van der Waals surface area contributed by atoms with Crippen LogP contribution in [0, 0.1) is 12.8 Å². The van der Waals surface area contributed by atoms with Crippen molar-refractivity contribution < 1.29 is 4.79 Å². The molecule has 2 N–H and O–H groups in total. The molecular weight excluding hydrogens is 256 g/mol. The van der Waals surface area contributed by atoms with Gasteiger partial charge in [-0.25, -0.2) is 0 Å². The monoisotopic (exact) mass is 280 g/mol. The van der Waals surface area contributed by atoms with Crippen LogP contribution in [0.1, 0.15) is 47.2 Å². The fourth-order valence-corrected chi connectivity index (χ4v) is 3.92. The summed E-state index contributed by atoms with van der Waals surface area (Å²) < 4.78 is 0. The average molecular weight is 280 g/mol. The topological polar surface area (TPSA) is 46.3 Å². The molecule has 1 aliphatic carbocycles. The van der Waals surface area contributed by atoms with Gasteiger partial charge in [-0.1, -0.05) is 12.8 Å². The smallest absolute Gasteiger partial charge is 0.264 e. The van der Waals surface area contributed by atoms with Gasteiger partial charge in [0.15, 0.2) is 0 Å². The van der Waals surface area contributed by atoms with Gasteiger partial charge < -0.3 is 10.6 Å². The van der Waals surface area contributed by atoms with Crippen molar-refractivity contribution in [1.82, 2.24) is 4.90 Å². The van der Waals surface area contributed by atoms with Crippen LogP contribution in [0.5, 0.6) is 0 Å². The van der Waals surface area contributed by atoms with E-state index in [0.29, 0.717) is 18.5 Å². The molecule has 0 aromatic carbocycles. The van der Waals surface area contributed by atoms with Gasteiger partial charge in [0.2, 0.25) is 0 Å². The van der Waals surface area contributed by atoms with Gasteiger partial charge in [0.05, 0.1) is 4.88 Å². The molecule has 1 fully saturated rings. The number of carbonyl (C=O) groups is 1. The zero-order chi connectivity index (χ0) is 13.8. The van der Waals surface area contributed by atoms with Gasteiger partial charge in [0.25, 0.3) is 5.91 Å². The fourth-order valence-electron chi connectivity index (χ4n) is 3.09. The molecule has 1 amide bonds. The molecule has 0 bridgehead atoms. The first-order valence-corrected chi connectivity index (χ1v) is 8.06. The van der Waals surface area contributed by atoms with Crippen LogP contribution >= 0.6 is 11.3 Å². The predicted octanol–water partition coefficient (Wildman–Crippen LogP) is 3.04. The van der Waals surface area contributed by atoms with Crippen LogP contribution in [0.4, 0.5) is 0 Å². The maximum Gasteiger partial charge on any atom is 0.264 e. The van der Waals surface area contributed by atoms with Crippen molar-refractivity contribution in [3.05, 3.63) is 21.9 Å². The molecular formula is C15H24N2OS. The summed E-state index contributed by atoms with van der Waals surface area (Å²) in [6, 6.07) is 4.30. The Kier molecular flexibility index (Phi) is 4.99. The molecule has 106 valence electrons. The van der Waals surface area contributed by atoms with Gasteiger partial charge in [-0.05, 0) is 51.3 Å². The molecule has 2 atom stereocenters. The first-order chi connectivity index (χ1) is 9.17. The molecule has 4 heteroatoms. The molecule has 1 aromatic heterocycles. The number of rotatable bonds is 4. The zero-order valence-electron chi connectivity index (χ0n) is 11.9. The Labute approximate surface area is 119 Å². The van der Waals surface area contributed by atoms with Crippen molar-refractivity contribution in [2.24, 2.45) is 11.7 Å². The summed E-state index contributed by atoms with van der Waals surface area (Å²) in [5.74, 6) is 0.657. The zero-order valence-corrected chi connectivity index (χ0v) is 12.7. The van der Waals surface area contributed by atoms with E-state index in [-0.39, 0.29) is 5.91 Å². The van der Waals surface area contributed by atoms with Crippen LogP contribution in [0.3, 0.4) is 0 Å². The number of carbonyl (C=O) groups excluding carboxylic acids is 1. The molecule has 1 aliphatic rings. The number of thiophene rings is 1. The minimum atomic E-state index is 0.186. The minimum absolute atomic E-state index is 0.186. The number of nitrogens with zero attached hydrogens (tertiary/aromatic N) is 1. The van der Waals surface area contributed by atoms with Crippen LogP contribution in [0.15, 0.2) is 12.1 Å². The normalized spacial score (nSPS) is 23.3. The van der Waals surface area contributed by atoms with Crippen LogP contribution < -0.4 is 5.73 Å². The van der Waals surface area contributed by atoms with E-state index in [1.165, 1.54) is 17.7 Å². The van der Waals surface area contributed by atoms with Crippen molar-refractivity contribution in [2.45, 2.75) is 45.6 Å². The van der Waals surface area contributed by atoms with E-state index in [0.717, 1.165) is 24.3 Å². The van der Waals surface area contributed by atoms with Crippen molar-refractivity contribution in [2.75, 3.05) is 13.1 Å². The third kappa shape index (κ3) is 3.18. The Bertz CT molecular complexity index is 430. The summed E-state index contributed by atoms with van der Waals surface area (Å²) in [5, 5.41) is 0. The number of amides is 1. The second-order valence-electron chi connectivity index (χ2n) is 5.35. The van der Waals surface area contributed by atoms with E-state index < -0.39 is 0 Å². The lowest BCUT2D eigenvalue weighted by Crippen LogP contribution is -2.47. The first kappa shape index (κ1) is 14.5. The van der Waals surface area contributed by atoms with Gasteiger partial charge in [-0.3, -0.25) is 4.79 Å². The Morgan fingerprint density at radius 2 is 2.16 bits per heavy atom. The van der Waals surface area contributed by atoms with E-state index >= 15 is 0 Å². The van der Waals surface area contributed by atoms with Crippen molar-refractivity contribution in [3.8, 4) is 0 Å². The highest BCUT2D eigenvalue weighted by Gasteiger charge is 2.32. The Morgan fingerprint density at radius 3 is 2.74 bits per heavy atom. The molecule has 1 saturated carbocycles. The highest BCUT2D eigenvalue weighted by molar-refractivity contribution is 7.13. The lowest BCUT2D eigenvalue weighted by atomic mass is 9.83. The maximum atomic E-state index is 12.6. The first-order valence-electron chi connectivity index (χ1n) is 7.24. The summed E-state index contributed by atoms with van der Waals surface area (Å²) in [4.78, 5) is 16.7. The van der Waals surface area contributed by atoms with Crippen LogP contribution in [0.2, 0.25) is 0 Å². The van der Waals surface area contributed by atoms with Crippen LogP contribution in [-0.2, 0) is 0 Å². The number of hydrogen-bond donors (Lipinski definition) is 1. The molecule has 3 nitrogen and oxygen atoms in total. The summed E-state index contributed by atoms with van der Waals surface area (Å²) >= 11 is 1.59. The number of nitrogens with two attached hydrogens (primary N) is 1. The van der Waals surface area contributed by atoms with Gasteiger partial charge >= 0.3 is 0 Å². The highest BCUT2D eigenvalue weighted by atomic mass is 32.1. The molecule has 1 aromatic rings. The van der Waals surface area contributed by atoms with Gasteiger partial charge in [-0.2, -0.15) is 0 Å². The molecule has 19 heavy (non-hydrogen) atoms. The lowest BCUT2D eigenvalue weighted by molar-refractivity contribution is 0.0565. The number of hydrogen-bond acceptors (Lipinski definition) is 3. The summed E-state index contributed by atoms with van der Waals surface area (Å²) in [7, 11) is 0. The molecule has 1 heterocycles. The predicted molar refractivity (Wildman–Crippen MR) is 80.6 cm³/mol.